The fourth-order valence-electron chi connectivity index (χ4n) is 1.96. The number of amides is 1. The number of imidazole rings is 1. The number of nitrogens with two attached hydrogens (primary N) is 1. The van der Waals surface area contributed by atoms with E-state index in [-0.39, 0.29) is 10.3 Å². The number of phosphoric acid groups is 1. The number of hydrogen-bond acceptors (Lipinski definition) is 7. The number of aromatic nitrogens is 2. The van der Waals surface area contributed by atoms with Crippen LogP contribution in [-0.4, -0.2) is 60.4 Å². The van der Waals surface area contributed by atoms with Gasteiger partial charge in [0, 0.05) is 0 Å². The predicted molar refractivity (Wildman–Crippen MR) is 72.4 cm³/mol. The van der Waals surface area contributed by atoms with Gasteiger partial charge in [0.2, 0.25) is 0 Å². The number of aliphatic hydroxyl groups is 2. The van der Waals surface area contributed by atoms with Gasteiger partial charge in [-0.05, 0) is 15.9 Å². The molecule has 1 fully saturated rings. The van der Waals surface area contributed by atoms with E-state index in [1.807, 2.05) is 0 Å². The van der Waals surface area contributed by atoms with Crippen molar-refractivity contribution >= 4 is 29.7 Å². The Hall–Kier alpha value is -0.850. The molecule has 4 unspecified atom stereocenters. The van der Waals surface area contributed by atoms with Gasteiger partial charge in [0.05, 0.1) is 12.9 Å². The maximum atomic E-state index is 11.1. The summed E-state index contributed by atoms with van der Waals surface area (Å²) in [6.07, 6.45) is -4.05. The monoisotopic (exact) mass is 401 g/mol. The number of ether oxygens (including phenoxy) is 1. The van der Waals surface area contributed by atoms with Crippen molar-refractivity contribution in [3.05, 3.63) is 16.6 Å². The Balaban J connectivity index is 2.16. The Morgan fingerprint density at radius 1 is 1.50 bits per heavy atom. The molecule has 1 saturated heterocycles. The molecule has 2 heterocycles. The predicted octanol–water partition coefficient (Wildman–Crippen LogP) is -1.53. The SMILES string of the molecule is NC(=O)c1ncn(C2OC(COP(=O)(O)O)C(O)C2O)c1Br. The molecular formula is C9H13BrN3O8P. The second-order valence-electron chi connectivity index (χ2n) is 4.49. The van der Waals surface area contributed by atoms with Gasteiger partial charge in [0.25, 0.3) is 5.91 Å². The molecule has 124 valence electrons. The highest BCUT2D eigenvalue weighted by molar-refractivity contribution is 9.10. The lowest BCUT2D eigenvalue weighted by atomic mass is 10.1. The summed E-state index contributed by atoms with van der Waals surface area (Å²) in [5.74, 6) is -0.806. The summed E-state index contributed by atoms with van der Waals surface area (Å²) in [6, 6.07) is 0. The summed E-state index contributed by atoms with van der Waals surface area (Å²) in [5.41, 5.74) is 5.01. The minimum absolute atomic E-state index is 0.0970. The molecular weight excluding hydrogens is 389 g/mol. The third kappa shape index (κ3) is 3.55. The largest absolute Gasteiger partial charge is 0.469 e. The first-order chi connectivity index (χ1) is 10.1. The molecule has 4 atom stereocenters. The number of primary amides is 1. The molecule has 1 aromatic rings. The van der Waals surface area contributed by atoms with Crippen LogP contribution in [0.2, 0.25) is 0 Å². The average Bonchev–Trinajstić information content (AvgIpc) is 2.90. The van der Waals surface area contributed by atoms with Crippen molar-refractivity contribution in [2.45, 2.75) is 24.5 Å². The number of aliphatic hydroxyl groups excluding tert-OH is 2. The van der Waals surface area contributed by atoms with Crippen LogP contribution in [0.4, 0.5) is 0 Å². The first-order valence-corrected chi connectivity index (χ1v) is 8.18. The van der Waals surface area contributed by atoms with Gasteiger partial charge in [-0.2, -0.15) is 0 Å². The van der Waals surface area contributed by atoms with E-state index in [9.17, 15) is 19.6 Å². The van der Waals surface area contributed by atoms with E-state index in [1.165, 1.54) is 4.57 Å². The molecule has 0 spiro atoms. The average molecular weight is 402 g/mol. The van der Waals surface area contributed by atoms with Crippen LogP contribution in [-0.2, 0) is 13.8 Å². The molecule has 1 amide bonds. The first kappa shape index (κ1) is 17.5. The lowest BCUT2D eigenvalue weighted by Gasteiger charge is -2.17. The topological polar surface area (TPSA) is 177 Å². The van der Waals surface area contributed by atoms with E-state index >= 15 is 0 Å². The van der Waals surface area contributed by atoms with Gasteiger partial charge in [0.1, 0.15) is 22.9 Å². The third-order valence-electron chi connectivity index (χ3n) is 2.99. The van der Waals surface area contributed by atoms with Gasteiger partial charge in [-0.1, -0.05) is 0 Å². The number of halogens is 1. The Kier molecular flexibility index (Phi) is 5.04. The summed E-state index contributed by atoms with van der Waals surface area (Å²) in [4.78, 5) is 32.1. The fraction of sp³-hybridized carbons (Fsp3) is 0.556. The van der Waals surface area contributed by atoms with Crippen molar-refractivity contribution in [3.8, 4) is 0 Å². The van der Waals surface area contributed by atoms with Crippen molar-refractivity contribution < 1.29 is 38.6 Å². The molecule has 6 N–H and O–H groups in total. The van der Waals surface area contributed by atoms with Crippen molar-refractivity contribution in [3.63, 3.8) is 0 Å². The molecule has 0 bridgehead atoms. The molecule has 0 aromatic carbocycles. The van der Waals surface area contributed by atoms with Crippen LogP contribution in [0.15, 0.2) is 10.9 Å². The minimum Gasteiger partial charge on any atom is -0.387 e. The smallest absolute Gasteiger partial charge is 0.387 e. The molecule has 2 rings (SSSR count). The van der Waals surface area contributed by atoms with Crippen molar-refractivity contribution in [2.75, 3.05) is 6.61 Å². The Bertz CT molecular complexity index is 618. The van der Waals surface area contributed by atoms with Crippen LogP contribution in [0.3, 0.4) is 0 Å². The van der Waals surface area contributed by atoms with Gasteiger partial charge >= 0.3 is 7.82 Å². The summed E-state index contributed by atoms with van der Waals surface area (Å²) >= 11 is 3.07. The molecule has 1 aromatic heterocycles. The number of phosphoric ester groups is 1. The van der Waals surface area contributed by atoms with E-state index in [0.717, 1.165) is 6.33 Å². The number of nitrogens with zero attached hydrogens (tertiary/aromatic N) is 2. The van der Waals surface area contributed by atoms with Crippen LogP contribution >= 0.6 is 23.8 Å². The quantitative estimate of drug-likeness (QED) is 0.366. The van der Waals surface area contributed by atoms with Gasteiger partial charge in [-0.3, -0.25) is 13.9 Å². The van der Waals surface area contributed by atoms with Crippen LogP contribution in [0, 0.1) is 0 Å². The highest BCUT2D eigenvalue weighted by atomic mass is 79.9. The van der Waals surface area contributed by atoms with E-state index in [0.29, 0.717) is 0 Å². The zero-order chi connectivity index (χ0) is 16.7. The van der Waals surface area contributed by atoms with Crippen LogP contribution < -0.4 is 5.73 Å². The standard InChI is InChI=1S/C9H13BrN3O8P/c10-7-4(8(11)16)12-2-13(7)9-6(15)5(14)3(21-9)1-20-22(17,18)19/h2-3,5-6,9,14-15H,1H2,(H2,11,16)(H2,17,18,19). The summed E-state index contributed by atoms with van der Waals surface area (Å²) in [5, 5.41) is 19.8. The van der Waals surface area contributed by atoms with E-state index < -0.39 is 44.9 Å². The fourth-order valence-corrected chi connectivity index (χ4v) is 2.89. The highest BCUT2D eigenvalue weighted by Gasteiger charge is 2.45. The lowest BCUT2D eigenvalue weighted by Crippen LogP contribution is -2.33. The zero-order valence-electron chi connectivity index (χ0n) is 10.8. The summed E-state index contributed by atoms with van der Waals surface area (Å²) in [7, 11) is -4.74. The molecule has 1 aliphatic rings. The second-order valence-corrected chi connectivity index (χ2v) is 6.48. The summed E-state index contributed by atoms with van der Waals surface area (Å²) in [6.45, 7) is -0.631. The molecule has 22 heavy (non-hydrogen) atoms. The number of carbonyl (C=O) groups excluding carboxylic acids is 1. The molecule has 0 saturated carbocycles. The van der Waals surface area contributed by atoms with Crippen molar-refractivity contribution in [1.82, 2.24) is 9.55 Å². The first-order valence-electron chi connectivity index (χ1n) is 5.85. The van der Waals surface area contributed by atoms with Crippen molar-refractivity contribution in [2.24, 2.45) is 5.73 Å². The third-order valence-corrected chi connectivity index (χ3v) is 4.26. The molecule has 1 aliphatic heterocycles. The number of carbonyl (C=O) groups is 1. The zero-order valence-corrected chi connectivity index (χ0v) is 13.3. The van der Waals surface area contributed by atoms with Gasteiger partial charge in [0.15, 0.2) is 11.9 Å². The Labute approximate surface area is 132 Å². The van der Waals surface area contributed by atoms with Crippen LogP contribution in [0.5, 0.6) is 0 Å². The molecule has 11 nitrogen and oxygen atoms in total. The second kappa shape index (κ2) is 6.34. The van der Waals surface area contributed by atoms with Gasteiger partial charge in [-0.15, -0.1) is 0 Å². The van der Waals surface area contributed by atoms with Crippen LogP contribution in [0.1, 0.15) is 16.7 Å². The summed E-state index contributed by atoms with van der Waals surface area (Å²) < 4.78 is 21.6. The van der Waals surface area contributed by atoms with E-state index in [2.05, 4.69) is 25.4 Å². The van der Waals surface area contributed by atoms with Gasteiger partial charge in [-0.25, -0.2) is 9.55 Å². The van der Waals surface area contributed by atoms with Crippen molar-refractivity contribution in [1.29, 1.82) is 0 Å². The van der Waals surface area contributed by atoms with E-state index in [4.69, 9.17) is 20.3 Å². The van der Waals surface area contributed by atoms with Crippen LogP contribution in [0.25, 0.3) is 0 Å². The molecule has 0 radical (unpaired) electrons. The minimum atomic E-state index is -4.74. The molecule has 0 aliphatic carbocycles. The Morgan fingerprint density at radius 3 is 2.64 bits per heavy atom. The number of rotatable bonds is 5. The highest BCUT2D eigenvalue weighted by Crippen LogP contribution is 2.39. The lowest BCUT2D eigenvalue weighted by molar-refractivity contribution is -0.0530. The van der Waals surface area contributed by atoms with Gasteiger partial charge < -0.3 is 30.5 Å². The number of hydrogen-bond donors (Lipinski definition) is 5. The Morgan fingerprint density at radius 2 is 2.14 bits per heavy atom. The normalized spacial score (nSPS) is 29.0. The maximum Gasteiger partial charge on any atom is 0.469 e. The molecule has 13 heteroatoms. The maximum absolute atomic E-state index is 11.1. The van der Waals surface area contributed by atoms with E-state index in [1.54, 1.807) is 0 Å².